The van der Waals surface area contributed by atoms with Gasteiger partial charge in [0.05, 0.1) is 0 Å². The average Bonchev–Trinajstić information content (AvgIpc) is 2.03. The van der Waals surface area contributed by atoms with Gasteiger partial charge in [0.25, 0.3) is 0 Å². The fraction of sp³-hybridized carbons (Fsp3) is 0.400. The van der Waals surface area contributed by atoms with Crippen molar-refractivity contribution < 1.29 is 4.74 Å². The van der Waals surface area contributed by atoms with Crippen LogP contribution in [0, 0.1) is 0 Å². The lowest BCUT2D eigenvalue weighted by Crippen LogP contribution is -2.57. The lowest BCUT2D eigenvalue weighted by Gasteiger charge is -2.41. The largest absolute Gasteiger partial charge is 0.371 e. The number of methoxy groups -OCH3 is 1. The second-order valence-electron chi connectivity index (χ2n) is 3.31. The third-order valence-electron chi connectivity index (χ3n) is 2.56. The summed E-state index contributed by atoms with van der Waals surface area (Å²) in [5.41, 5.74) is 1.15. The lowest BCUT2D eigenvalue weighted by atomic mass is 9.88. The van der Waals surface area contributed by atoms with Crippen LogP contribution in [0.25, 0.3) is 0 Å². The van der Waals surface area contributed by atoms with Gasteiger partial charge in [-0.1, -0.05) is 28.1 Å². The van der Waals surface area contributed by atoms with E-state index < -0.39 is 0 Å². The first kappa shape index (κ1) is 9.19. The Morgan fingerprint density at radius 3 is 2.69 bits per heavy atom. The van der Waals surface area contributed by atoms with E-state index in [0.717, 1.165) is 17.6 Å². The van der Waals surface area contributed by atoms with Crippen LogP contribution in [0.1, 0.15) is 5.56 Å². The van der Waals surface area contributed by atoms with Gasteiger partial charge >= 0.3 is 0 Å². The fourth-order valence-electron chi connectivity index (χ4n) is 1.59. The minimum absolute atomic E-state index is 0.0935. The average molecular weight is 242 g/mol. The number of ether oxygens (including phenoxy) is 1. The molecule has 70 valence electrons. The Morgan fingerprint density at radius 2 is 2.23 bits per heavy atom. The maximum Gasteiger partial charge on any atom is 0.117 e. The van der Waals surface area contributed by atoms with Crippen LogP contribution in [0.15, 0.2) is 28.7 Å². The number of halogens is 1. The van der Waals surface area contributed by atoms with E-state index in [2.05, 4.69) is 33.4 Å². The van der Waals surface area contributed by atoms with E-state index in [1.807, 2.05) is 12.1 Å². The molecular formula is C10H12BrNO. The van der Waals surface area contributed by atoms with E-state index in [1.165, 1.54) is 5.56 Å². The van der Waals surface area contributed by atoms with Crippen molar-refractivity contribution in [2.24, 2.45) is 0 Å². The zero-order chi connectivity index (χ0) is 9.31. The summed E-state index contributed by atoms with van der Waals surface area (Å²) in [6.45, 7) is 1.81. The van der Waals surface area contributed by atoms with Crippen molar-refractivity contribution in [3.8, 4) is 0 Å². The maximum absolute atomic E-state index is 5.53. The molecule has 1 fully saturated rings. The first-order chi connectivity index (χ1) is 6.27. The molecule has 0 saturated carbocycles. The second kappa shape index (κ2) is 3.40. The van der Waals surface area contributed by atoms with Crippen LogP contribution in [0.2, 0.25) is 0 Å². The maximum atomic E-state index is 5.53. The molecule has 1 saturated heterocycles. The SMILES string of the molecule is COC1(c2cccc(Br)c2)CNC1. The molecule has 1 aliphatic heterocycles. The van der Waals surface area contributed by atoms with Crippen LogP contribution in [-0.2, 0) is 10.3 Å². The minimum atomic E-state index is -0.0935. The first-order valence-electron chi connectivity index (χ1n) is 4.29. The highest BCUT2D eigenvalue weighted by Gasteiger charge is 2.38. The molecule has 0 bridgehead atoms. The van der Waals surface area contributed by atoms with Crippen molar-refractivity contribution in [1.29, 1.82) is 0 Å². The van der Waals surface area contributed by atoms with Gasteiger partial charge in [-0.3, -0.25) is 0 Å². The molecule has 2 rings (SSSR count). The summed E-state index contributed by atoms with van der Waals surface area (Å²) in [4.78, 5) is 0. The monoisotopic (exact) mass is 241 g/mol. The van der Waals surface area contributed by atoms with Crippen molar-refractivity contribution in [1.82, 2.24) is 5.32 Å². The molecule has 0 radical (unpaired) electrons. The van der Waals surface area contributed by atoms with Crippen LogP contribution in [0.3, 0.4) is 0 Å². The van der Waals surface area contributed by atoms with Crippen molar-refractivity contribution in [3.05, 3.63) is 34.3 Å². The molecule has 0 unspecified atom stereocenters. The number of hydrogen-bond acceptors (Lipinski definition) is 2. The molecule has 0 aliphatic carbocycles. The van der Waals surface area contributed by atoms with Gasteiger partial charge in [0.2, 0.25) is 0 Å². The fourth-order valence-corrected chi connectivity index (χ4v) is 1.99. The van der Waals surface area contributed by atoms with E-state index in [1.54, 1.807) is 7.11 Å². The molecule has 0 atom stereocenters. The molecular weight excluding hydrogens is 230 g/mol. The van der Waals surface area contributed by atoms with E-state index in [9.17, 15) is 0 Å². The van der Waals surface area contributed by atoms with E-state index in [4.69, 9.17) is 4.74 Å². The van der Waals surface area contributed by atoms with Gasteiger partial charge in [0, 0.05) is 24.7 Å². The highest BCUT2D eigenvalue weighted by Crippen LogP contribution is 2.30. The van der Waals surface area contributed by atoms with Crippen molar-refractivity contribution >= 4 is 15.9 Å². The van der Waals surface area contributed by atoms with Gasteiger partial charge < -0.3 is 10.1 Å². The van der Waals surface area contributed by atoms with E-state index >= 15 is 0 Å². The molecule has 3 heteroatoms. The van der Waals surface area contributed by atoms with Crippen LogP contribution >= 0.6 is 15.9 Å². The number of hydrogen-bond donors (Lipinski definition) is 1. The van der Waals surface area contributed by atoms with Crippen LogP contribution in [0.4, 0.5) is 0 Å². The zero-order valence-corrected chi connectivity index (χ0v) is 9.10. The molecule has 13 heavy (non-hydrogen) atoms. The van der Waals surface area contributed by atoms with E-state index in [-0.39, 0.29) is 5.60 Å². The molecule has 1 aliphatic rings. The summed E-state index contributed by atoms with van der Waals surface area (Å²) in [7, 11) is 1.77. The third kappa shape index (κ3) is 1.52. The Balaban J connectivity index is 2.33. The number of nitrogens with one attached hydrogen (secondary N) is 1. The second-order valence-corrected chi connectivity index (χ2v) is 4.23. The zero-order valence-electron chi connectivity index (χ0n) is 7.51. The molecule has 1 aromatic rings. The Labute approximate surface area is 86.4 Å². The minimum Gasteiger partial charge on any atom is -0.371 e. The molecule has 0 aromatic heterocycles. The van der Waals surface area contributed by atoms with Gasteiger partial charge in [0.1, 0.15) is 5.60 Å². The van der Waals surface area contributed by atoms with Gasteiger partial charge in [-0.2, -0.15) is 0 Å². The van der Waals surface area contributed by atoms with E-state index in [0.29, 0.717) is 0 Å². The highest BCUT2D eigenvalue weighted by atomic mass is 79.9. The molecule has 1 N–H and O–H groups in total. The summed E-state index contributed by atoms with van der Waals surface area (Å²) in [6.07, 6.45) is 0. The normalized spacial score (nSPS) is 19.5. The van der Waals surface area contributed by atoms with Crippen LogP contribution in [-0.4, -0.2) is 20.2 Å². The summed E-state index contributed by atoms with van der Waals surface area (Å²) < 4.78 is 6.64. The summed E-state index contributed by atoms with van der Waals surface area (Å²) in [5.74, 6) is 0. The Morgan fingerprint density at radius 1 is 1.46 bits per heavy atom. The number of rotatable bonds is 2. The molecule has 2 nitrogen and oxygen atoms in total. The molecule has 1 heterocycles. The van der Waals surface area contributed by atoms with Crippen LogP contribution < -0.4 is 5.32 Å². The quantitative estimate of drug-likeness (QED) is 0.855. The molecule has 0 amide bonds. The Hall–Kier alpha value is -0.380. The smallest absolute Gasteiger partial charge is 0.117 e. The Kier molecular flexibility index (Phi) is 2.41. The lowest BCUT2D eigenvalue weighted by molar-refractivity contribution is -0.0565. The van der Waals surface area contributed by atoms with Crippen molar-refractivity contribution in [3.63, 3.8) is 0 Å². The summed E-state index contributed by atoms with van der Waals surface area (Å²) in [5, 5.41) is 3.23. The predicted octanol–water partition coefficient (Wildman–Crippen LogP) is 1.89. The highest BCUT2D eigenvalue weighted by molar-refractivity contribution is 9.10. The topological polar surface area (TPSA) is 21.3 Å². The standard InChI is InChI=1S/C10H12BrNO/c1-13-10(6-12-7-10)8-3-2-4-9(11)5-8/h2-5,12H,6-7H2,1H3. The predicted molar refractivity (Wildman–Crippen MR) is 55.7 cm³/mol. The molecule has 0 spiro atoms. The third-order valence-corrected chi connectivity index (χ3v) is 3.06. The van der Waals surface area contributed by atoms with Crippen LogP contribution in [0.5, 0.6) is 0 Å². The van der Waals surface area contributed by atoms with Crippen molar-refractivity contribution in [2.45, 2.75) is 5.60 Å². The first-order valence-corrected chi connectivity index (χ1v) is 5.08. The Bertz CT molecular complexity index is 304. The summed E-state index contributed by atoms with van der Waals surface area (Å²) >= 11 is 3.46. The van der Waals surface area contributed by atoms with Gasteiger partial charge in [-0.05, 0) is 17.7 Å². The van der Waals surface area contributed by atoms with Gasteiger partial charge in [-0.25, -0.2) is 0 Å². The van der Waals surface area contributed by atoms with Gasteiger partial charge in [-0.15, -0.1) is 0 Å². The summed E-state index contributed by atoms with van der Waals surface area (Å²) in [6, 6.07) is 8.29. The molecule has 1 aromatic carbocycles. The van der Waals surface area contributed by atoms with Crippen molar-refractivity contribution in [2.75, 3.05) is 20.2 Å². The number of benzene rings is 1. The van der Waals surface area contributed by atoms with Gasteiger partial charge in [0.15, 0.2) is 0 Å².